The Hall–Kier alpha value is -1.81. The maximum Gasteiger partial charge on any atom is 0.326 e. The van der Waals surface area contributed by atoms with Gasteiger partial charge in [-0.1, -0.05) is 48.0 Å². The Balaban J connectivity index is 5.43. The van der Waals surface area contributed by atoms with E-state index in [9.17, 15) is 24.3 Å². The van der Waals surface area contributed by atoms with E-state index in [1.165, 1.54) is 11.8 Å². The summed E-state index contributed by atoms with van der Waals surface area (Å²) >= 11 is 1.53. The van der Waals surface area contributed by atoms with E-state index >= 15 is 0 Å². The summed E-state index contributed by atoms with van der Waals surface area (Å²) in [6.07, 6.45) is 2.84. The minimum absolute atomic E-state index is 0.0908. The van der Waals surface area contributed by atoms with Gasteiger partial charge in [0, 0.05) is 0 Å². The topological polar surface area (TPSA) is 151 Å². The zero-order valence-corrected chi connectivity index (χ0v) is 20.5. The van der Waals surface area contributed by atoms with Gasteiger partial charge in [0.15, 0.2) is 0 Å². The van der Waals surface area contributed by atoms with Gasteiger partial charge in [-0.3, -0.25) is 14.4 Å². The molecule has 0 radical (unpaired) electrons. The zero-order chi connectivity index (χ0) is 24.3. The molecular formula is C21H40N4O5S. The van der Waals surface area contributed by atoms with Crippen molar-refractivity contribution in [1.29, 1.82) is 0 Å². The zero-order valence-electron chi connectivity index (χ0n) is 19.7. The highest BCUT2D eigenvalue weighted by molar-refractivity contribution is 7.98. The number of rotatable bonds is 14. The van der Waals surface area contributed by atoms with Crippen LogP contribution in [0.3, 0.4) is 0 Å². The molecule has 9 nitrogen and oxygen atoms in total. The molecule has 0 aliphatic heterocycles. The fourth-order valence-electron chi connectivity index (χ4n) is 2.79. The van der Waals surface area contributed by atoms with Crippen LogP contribution in [0, 0.1) is 17.8 Å². The number of carbonyl (C=O) groups is 4. The van der Waals surface area contributed by atoms with Crippen molar-refractivity contribution in [2.45, 2.75) is 78.6 Å². The van der Waals surface area contributed by atoms with Gasteiger partial charge in [-0.25, -0.2) is 4.79 Å². The lowest BCUT2D eigenvalue weighted by Crippen LogP contribution is -2.59. The predicted molar refractivity (Wildman–Crippen MR) is 124 cm³/mol. The molecule has 5 unspecified atom stereocenters. The van der Waals surface area contributed by atoms with Gasteiger partial charge in [0.05, 0.1) is 6.04 Å². The van der Waals surface area contributed by atoms with E-state index in [1.54, 1.807) is 20.8 Å². The first-order valence-corrected chi connectivity index (χ1v) is 12.1. The number of amides is 3. The molecule has 0 spiro atoms. The van der Waals surface area contributed by atoms with E-state index in [-0.39, 0.29) is 17.8 Å². The van der Waals surface area contributed by atoms with Crippen LogP contribution in [0.1, 0.15) is 54.4 Å². The highest BCUT2D eigenvalue weighted by atomic mass is 32.2. The first kappa shape index (κ1) is 29.2. The molecule has 6 N–H and O–H groups in total. The van der Waals surface area contributed by atoms with Gasteiger partial charge in [-0.15, -0.1) is 0 Å². The molecule has 0 aliphatic carbocycles. The molecule has 180 valence electrons. The Morgan fingerprint density at radius 2 is 1.42 bits per heavy atom. The Kier molecular flexibility index (Phi) is 13.5. The second kappa shape index (κ2) is 14.3. The minimum atomic E-state index is -1.12. The number of hydrogen-bond acceptors (Lipinski definition) is 6. The second-order valence-corrected chi connectivity index (χ2v) is 9.54. The molecule has 31 heavy (non-hydrogen) atoms. The highest BCUT2D eigenvalue weighted by Crippen LogP contribution is 2.11. The van der Waals surface area contributed by atoms with Gasteiger partial charge in [0.1, 0.15) is 18.1 Å². The van der Waals surface area contributed by atoms with Crippen LogP contribution in [0.15, 0.2) is 0 Å². The third-order valence-electron chi connectivity index (χ3n) is 5.29. The number of nitrogens with two attached hydrogens (primary N) is 1. The van der Waals surface area contributed by atoms with Crippen molar-refractivity contribution in [2.24, 2.45) is 23.5 Å². The van der Waals surface area contributed by atoms with Crippen LogP contribution in [0.25, 0.3) is 0 Å². The van der Waals surface area contributed by atoms with Gasteiger partial charge in [-0.2, -0.15) is 11.8 Å². The maximum absolute atomic E-state index is 12.9. The van der Waals surface area contributed by atoms with E-state index in [1.807, 2.05) is 27.0 Å². The number of aliphatic carboxylic acids is 1. The molecule has 0 bridgehead atoms. The van der Waals surface area contributed by atoms with Crippen molar-refractivity contribution in [1.82, 2.24) is 16.0 Å². The summed E-state index contributed by atoms with van der Waals surface area (Å²) < 4.78 is 0. The Morgan fingerprint density at radius 3 is 1.84 bits per heavy atom. The monoisotopic (exact) mass is 460 g/mol. The quantitative estimate of drug-likeness (QED) is 0.259. The van der Waals surface area contributed by atoms with E-state index in [4.69, 9.17) is 5.73 Å². The van der Waals surface area contributed by atoms with Crippen molar-refractivity contribution in [3.05, 3.63) is 0 Å². The molecule has 3 amide bonds. The summed E-state index contributed by atoms with van der Waals surface area (Å²) in [4.78, 5) is 49.7. The predicted octanol–water partition coefficient (Wildman–Crippen LogP) is 0.964. The SMILES string of the molecule is CCC(C)C(NC(=O)C(NC(=O)C(CCSC)NC(=O)C(N)C(C)C)C(C)C)C(=O)O. The lowest BCUT2D eigenvalue weighted by Gasteiger charge is -2.28. The van der Waals surface area contributed by atoms with E-state index in [2.05, 4.69) is 16.0 Å². The molecule has 0 aromatic rings. The van der Waals surface area contributed by atoms with Crippen molar-refractivity contribution in [3.8, 4) is 0 Å². The second-order valence-electron chi connectivity index (χ2n) is 8.55. The average Bonchev–Trinajstić information content (AvgIpc) is 2.70. The maximum atomic E-state index is 12.9. The lowest BCUT2D eigenvalue weighted by molar-refractivity contribution is -0.144. The van der Waals surface area contributed by atoms with Crippen LogP contribution in [0.2, 0.25) is 0 Å². The fraction of sp³-hybridized carbons (Fsp3) is 0.810. The normalized spacial score (nSPS) is 16.2. The van der Waals surface area contributed by atoms with Crippen LogP contribution in [-0.2, 0) is 19.2 Å². The van der Waals surface area contributed by atoms with Crippen molar-refractivity contribution < 1.29 is 24.3 Å². The van der Waals surface area contributed by atoms with Crippen LogP contribution in [0.5, 0.6) is 0 Å². The van der Waals surface area contributed by atoms with Gasteiger partial charge < -0.3 is 26.8 Å². The number of nitrogens with one attached hydrogen (secondary N) is 3. The molecule has 0 heterocycles. The van der Waals surface area contributed by atoms with Crippen LogP contribution < -0.4 is 21.7 Å². The Bertz CT molecular complexity index is 615. The summed E-state index contributed by atoms with van der Waals surface area (Å²) in [7, 11) is 0. The molecule has 5 atom stereocenters. The van der Waals surface area contributed by atoms with Crippen molar-refractivity contribution >= 4 is 35.5 Å². The number of carbonyl (C=O) groups excluding carboxylic acids is 3. The number of carboxylic acids is 1. The smallest absolute Gasteiger partial charge is 0.326 e. The number of carboxylic acid groups (broad SMARTS) is 1. The molecule has 0 saturated carbocycles. The Labute approximate surface area is 190 Å². The standard InChI is InChI=1S/C21H40N4O5S/c1-8-13(6)17(21(29)30)25-20(28)16(12(4)5)24-18(26)14(9-10-31-7)23-19(27)15(22)11(2)3/h11-17H,8-10,22H2,1-7H3,(H,23,27)(H,24,26)(H,25,28)(H,29,30). The largest absolute Gasteiger partial charge is 0.480 e. The molecule has 0 aliphatic rings. The van der Waals surface area contributed by atoms with Gasteiger partial charge in [0.2, 0.25) is 17.7 Å². The van der Waals surface area contributed by atoms with Crippen LogP contribution in [0.4, 0.5) is 0 Å². The number of thioether (sulfide) groups is 1. The van der Waals surface area contributed by atoms with E-state index < -0.39 is 47.9 Å². The molecular weight excluding hydrogens is 420 g/mol. The summed E-state index contributed by atoms with van der Waals surface area (Å²) in [5.74, 6) is -2.63. The summed E-state index contributed by atoms with van der Waals surface area (Å²) in [6, 6.07) is -3.58. The van der Waals surface area contributed by atoms with Crippen molar-refractivity contribution in [2.75, 3.05) is 12.0 Å². The molecule has 0 rings (SSSR count). The average molecular weight is 461 g/mol. The van der Waals surface area contributed by atoms with Gasteiger partial charge in [0.25, 0.3) is 0 Å². The first-order valence-electron chi connectivity index (χ1n) is 10.8. The minimum Gasteiger partial charge on any atom is -0.480 e. The van der Waals surface area contributed by atoms with Crippen LogP contribution in [-0.4, -0.2) is 65.0 Å². The number of hydrogen-bond donors (Lipinski definition) is 5. The molecule has 0 aromatic carbocycles. The first-order chi connectivity index (χ1) is 14.4. The molecule has 0 saturated heterocycles. The third-order valence-corrected chi connectivity index (χ3v) is 5.93. The molecule has 0 aromatic heterocycles. The van der Waals surface area contributed by atoms with Gasteiger partial charge in [-0.05, 0) is 36.2 Å². The Morgan fingerprint density at radius 1 is 0.871 bits per heavy atom. The summed E-state index contributed by atoms with van der Waals surface area (Å²) in [5.41, 5.74) is 5.89. The van der Waals surface area contributed by atoms with Crippen molar-refractivity contribution in [3.63, 3.8) is 0 Å². The fourth-order valence-corrected chi connectivity index (χ4v) is 3.26. The molecule has 10 heteroatoms. The highest BCUT2D eigenvalue weighted by Gasteiger charge is 2.33. The summed E-state index contributed by atoms with van der Waals surface area (Å²) in [6.45, 7) is 10.7. The van der Waals surface area contributed by atoms with Gasteiger partial charge >= 0.3 is 5.97 Å². The van der Waals surface area contributed by atoms with E-state index in [0.29, 0.717) is 18.6 Å². The summed E-state index contributed by atoms with van der Waals surface area (Å²) in [5, 5.41) is 17.4. The lowest BCUT2D eigenvalue weighted by atomic mass is 9.97. The molecule has 0 fully saturated rings. The van der Waals surface area contributed by atoms with Crippen LogP contribution >= 0.6 is 11.8 Å². The third kappa shape index (κ3) is 9.90. The van der Waals surface area contributed by atoms with E-state index in [0.717, 1.165) is 0 Å².